The van der Waals surface area contributed by atoms with Crippen molar-refractivity contribution in [2.24, 2.45) is 0 Å². The van der Waals surface area contributed by atoms with E-state index < -0.39 is 0 Å². The summed E-state index contributed by atoms with van der Waals surface area (Å²) in [7, 11) is 0. The van der Waals surface area contributed by atoms with Crippen LogP contribution in [0, 0.1) is 13.8 Å². The Morgan fingerprint density at radius 2 is 2.00 bits per heavy atom. The minimum atomic E-state index is -0.0314. The topological polar surface area (TPSA) is 42.4 Å². The largest absolute Gasteiger partial charge is 0.455 e. The molecule has 0 aliphatic carbocycles. The fourth-order valence-electron chi connectivity index (χ4n) is 1.63. The molecule has 0 bridgehead atoms. The monoisotopic (exact) mass is 229 g/mol. The van der Waals surface area contributed by atoms with Gasteiger partial charge in [0, 0.05) is 11.8 Å². The molecule has 0 saturated carbocycles. The summed E-state index contributed by atoms with van der Waals surface area (Å²) in [6, 6.07) is 9.44. The zero-order valence-electron chi connectivity index (χ0n) is 9.97. The van der Waals surface area contributed by atoms with Gasteiger partial charge in [-0.25, -0.2) is 0 Å². The number of hydrogen-bond donors (Lipinski definition) is 1. The highest BCUT2D eigenvalue weighted by atomic mass is 16.5. The summed E-state index contributed by atoms with van der Waals surface area (Å²) >= 11 is 0. The number of aromatic nitrogens is 1. The van der Waals surface area contributed by atoms with Crippen molar-refractivity contribution in [1.29, 1.82) is 0 Å². The van der Waals surface area contributed by atoms with Gasteiger partial charge in [-0.2, -0.15) is 0 Å². The summed E-state index contributed by atoms with van der Waals surface area (Å²) in [5, 5.41) is 9.29. The lowest BCUT2D eigenvalue weighted by molar-refractivity contribution is 0.276. The van der Waals surface area contributed by atoms with Crippen LogP contribution in [0.1, 0.15) is 16.8 Å². The summed E-state index contributed by atoms with van der Waals surface area (Å²) in [4.78, 5) is 4.16. The van der Waals surface area contributed by atoms with Crippen LogP contribution in [0.15, 0.2) is 36.5 Å². The number of aryl methyl sites for hydroxylation is 2. The van der Waals surface area contributed by atoms with Crippen LogP contribution in [0.3, 0.4) is 0 Å². The standard InChI is InChI=1S/C14H15NO2/c1-10-5-6-14(12(8-10)9-16)17-13-4-3-7-15-11(13)2/h3-8,16H,9H2,1-2H3. The first-order valence-corrected chi connectivity index (χ1v) is 5.50. The lowest BCUT2D eigenvalue weighted by atomic mass is 10.1. The summed E-state index contributed by atoms with van der Waals surface area (Å²) in [6.07, 6.45) is 1.73. The van der Waals surface area contributed by atoms with E-state index >= 15 is 0 Å². The Labute approximate surface area is 101 Å². The smallest absolute Gasteiger partial charge is 0.148 e. The predicted octanol–water partition coefficient (Wildman–Crippen LogP) is 2.98. The molecule has 0 radical (unpaired) electrons. The first-order chi connectivity index (χ1) is 8.20. The number of rotatable bonds is 3. The molecule has 0 saturated heterocycles. The van der Waals surface area contributed by atoms with Gasteiger partial charge >= 0.3 is 0 Å². The Kier molecular flexibility index (Phi) is 3.40. The number of pyridine rings is 1. The van der Waals surface area contributed by atoms with Gasteiger partial charge in [0.2, 0.25) is 0 Å². The Morgan fingerprint density at radius 3 is 2.71 bits per heavy atom. The molecule has 1 N–H and O–H groups in total. The molecule has 0 atom stereocenters. The van der Waals surface area contributed by atoms with E-state index in [1.807, 2.05) is 44.2 Å². The van der Waals surface area contributed by atoms with Crippen molar-refractivity contribution in [2.75, 3.05) is 0 Å². The van der Waals surface area contributed by atoms with E-state index in [9.17, 15) is 5.11 Å². The minimum absolute atomic E-state index is 0.0314. The average Bonchev–Trinajstić information content (AvgIpc) is 2.34. The third-order valence-electron chi connectivity index (χ3n) is 2.56. The van der Waals surface area contributed by atoms with Gasteiger partial charge in [-0.05, 0) is 32.0 Å². The number of benzene rings is 1. The van der Waals surface area contributed by atoms with Crippen LogP contribution in [-0.2, 0) is 6.61 Å². The Balaban J connectivity index is 2.33. The van der Waals surface area contributed by atoms with Gasteiger partial charge in [-0.15, -0.1) is 0 Å². The Hall–Kier alpha value is -1.87. The number of aliphatic hydroxyl groups excluding tert-OH is 1. The zero-order chi connectivity index (χ0) is 12.3. The van der Waals surface area contributed by atoms with Crippen molar-refractivity contribution in [3.8, 4) is 11.5 Å². The molecule has 1 heterocycles. The maximum atomic E-state index is 9.29. The molecule has 1 aromatic carbocycles. The third-order valence-corrected chi connectivity index (χ3v) is 2.56. The Bertz CT molecular complexity index is 523. The van der Waals surface area contributed by atoms with E-state index in [2.05, 4.69) is 4.98 Å². The fraction of sp³-hybridized carbons (Fsp3) is 0.214. The highest BCUT2D eigenvalue weighted by Crippen LogP contribution is 2.27. The first-order valence-electron chi connectivity index (χ1n) is 5.50. The molecule has 0 spiro atoms. The van der Waals surface area contributed by atoms with Gasteiger partial charge < -0.3 is 9.84 Å². The molecule has 0 fully saturated rings. The van der Waals surface area contributed by atoms with Gasteiger partial charge in [0.25, 0.3) is 0 Å². The quantitative estimate of drug-likeness (QED) is 0.879. The zero-order valence-corrected chi connectivity index (χ0v) is 9.97. The minimum Gasteiger partial charge on any atom is -0.455 e. The van der Waals surface area contributed by atoms with Crippen molar-refractivity contribution in [2.45, 2.75) is 20.5 Å². The molecule has 17 heavy (non-hydrogen) atoms. The van der Waals surface area contributed by atoms with E-state index in [1.165, 1.54) is 0 Å². The van der Waals surface area contributed by atoms with E-state index in [4.69, 9.17) is 4.74 Å². The molecule has 3 heteroatoms. The van der Waals surface area contributed by atoms with Gasteiger partial charge in [0.15, 0.2) is 0 Å². The molecule has 0 unspecified atom stereocenters. The van der Waals surface area contributed by atoms with Crippen molar-refractivity contribution >= 4 is 0 Å². The number of ether oxygens (including phenoxy) is 1. The van der Waals surface area contributed by atoms with Gasteiger partial charge in [-0.1, -0.05) is 17.7 Å². The third kappa shape index (κ3) is 2.63. The molecule has 3 nitrogen and oxygen atoms in total. The van der Waals surface area contributed by atoms with Crippen LogP contribution in [0.2, 0.25) is 0 Å². The van der Waals surface area contributed by atoms with Crippen LogP contribution in [0.25, 0.3) is 0 Å². The van der Waals surface area contributed by atoms with E-state index in [1.54, 1.807) is 6.20 Å². The van der Waals surface area contributed by atoms with Crippen LogP contribution < -0.4 is 4.74 Å². The van der Waals surface area contributed by atoms with Gasteiger partial charge in [0.05, 0.1) is 12.3 Å². The molecule has 2 aromatic rings. The van der Waals surface area contributed by atoms with E-state index in [0.29, 0.717) is 11.5 Å². The summed E-state index contributed by atoms with van der Waals surface area (Å²) in [5.74, 6) is 1.39. The van der Waals surface area contributed by atoms with Gasteiger partial charge in [0.1, 0.15) is 11.5 Å². The molecular formula is C14H15NO2. The Morgan fingerprint density at radius 1 is 1.18 bits per heavy atom. The molecule has 0 aliphatic rings. The van der Waals surface area contributed by atoms with Crippen LogP contribution in [-0.4, -0.2) is 10.1 Å². The van der Waals surface area contributed by atoms with Crippen LogP contribution in [0.4, 0.5) is 0 Å². The maximum Gasteiger partial charge on any atom is 0.148 e. The second kappa shape index (κ2) is 4.97. The highest BCUT2D eigenvalue weighted by molar-refractivity contribution is 5.40. The molecular weight excluding hydrogens is 214 g/mol. The van der Waals surface area contributed by atoms with E-state index in [-0.39, 0.29) is 6.61 Å². The summed E-state index contributed by atoms with van der Waals surface area (Å²) in [6.45, 7) is 3.84. The predicted molar refractivity (Wildman–Crippen MR) is 66.1 cm³/mol. The first kappa shape index (κ1) is 11.6. The molecule has 0 amide bonds. The van der Waals surface area contributed by atoms with E-state index in [0.717, 1.165) is 16.8 Å². The fourth-order valence-corrected chi connectivity index (χ4v) is 1.63. The second-order valence-corrected chi connectivity index (χ2v) is 3.96. The lowest BCUT2D eigenvalue weighted by Crippen LogP contribution is -1.94. The number of aliphatic hydroxyl groups is 1. The molecule has 1 aromatic heterocycles. The highest BCUT2D eigenvalue weighted by Gasteiger charge is 2.06. The average molecular weight is 229 g/mol. The second-order valence-electron chi connectivity index (χ2n) is 3.96. The van der Waals surface area contributed by atoms with Crippen LogP contribution in [0.5, 0.6) is 11.5 Å². The molecule has 0 aliphatic heterocycles. The molecule has 2 rings (SSSR count). The maximum absolute atomic E-state index is 9.29. The van der Waals surface area contributed by atoms with Crippen molar-refractivity contribution < 1.29 is 9.84 Å². The van der Waals surface area contributed by atoms with Crippen LogP contribution >= 0.6 is 0 Å². The number of nitrogens with zero attached hydrogens (tertiary/aromatic N) is 1. The lowest BCUT2D eigenvalue weighted by Gasteiger charge is -2.11. The number of hydrogen-bond acceptors (Lipinski definition) is 3. The van der Waals surface area contributed by atoms with Gasteiger partial charge in [-0.3, -0.25) is 4.98 Å². The van der Waals surface area contributed by atoms with Crippen molar-refractivity contribution in [1.82, 2.24) is 4.98 Å². The summed E-state index contributed by atoms with van der Waals surface area (Å²) in [5.41, 5.74) is 2.72. The normalized spacial score (nSPS) is 10.3. The summed E-state index contributed by atoms with van der Waals surface area (Å²) < 4.78 is 5.76. The van der Waals surface area contributed by atoms with Crippen molar-refractivity contribution in [3.63, 3.8) is 0 Å². The SMILES string of the molecule is Cc1ccc(Oc2cccnc2C)c(CO)c1. The van der Waals surface area contributed by atoms with Crippen molar-refractivity contribution in [3.05, 3.63) is 53.3 Å². The molecule has 88 valence electrons.